The topological polar surface area (TPSA) is 42.4 Å². The van der Waals surface area contributed by atoms with Crippen molar-refractivity contribution in [3.8, 4) is 5.75 Å². The van der Waals surface area contributed by atoms with Gasteiger partial charge in [0.15, 0.2) is 0 Å². The summed E-state index contributed by atoms with van der Waals surface area (Å²) in [6, 6.07) is 8.50. The molecule has 138 valence electrons. The van der Waals surface area contributed by atoms with Crippen molar-refractivity contribution in [1.29, 1.82) is 0 Å². The number of amides is 1. The maximum Gasteiger partial charge on any atom is 0.416 e. The Balaban J connectivity index is 1.52. The summed E-state index contributed by atoms with van der Waals surface area (Å²) in [5, 5.41) is 0. The Morgan fingerprint density at radius 3 is 2.50 bits per heavy atom. The van der Waals surface area contributed by atoms with Crippen molar-refractivity contribution in [1.82, 2.24) is 9.88 Å². The fraction of sp³-hybridized carbons (Fsp3) is 0.368. The maximum absolute atomic E-state index is 12.8. The van der Waals surface area contributed by atoms with E-state index in [2.05, 4.69) is 4.98 Å². The Morgan fingerprint density at radius 1 is 1.15 bits per heavy atom. The summed E-state index contributed by atoms with van der Waals surface area (Å²) in [7, 11) is 0. The molecule has 2 heterocycles. The van der Waals surface area contributed by atoms with E-state index in [1.165, 1.54) is 6.07 Å². The lowest BCUT2D eigenvalue weighted by Gasteiger charge is -2.32. The summed E-state index contributed by atoms with van der Waals surface area (Å²) in [5.74, 6) is 0.584. The molecule has 0 spiro atoms. The molecule has 0 atom stereocenters. The van der Waals surface area contributed by atoms with E-state index in [0.29, 0.717) is 31.5 Å². The van der Waals surface area contributed by atoms with Gasteiger partial charge >= 0.3 is 6.18 Å². The average molecular weight is 364 g/mol. The number of piperidine rings is 1. The van der Waals surface area contributed by atoms with Crippen molar-refractivity contribution in [2.45, 2.75) is 31.5 Å². The van der Waals surface area contributed by atoms with E-state index >= 15 is 0 Å². The van der Waals surface area contributed by atoms with Gasteiger partial charge in [-0.05, 0) is 23.8 Å². The van der Waals surface area contributed by atoms with Gasteiger partial charge in [0.2, 0.25) is 5.91 Å². The highest BCUT2D eigenvalue weighted by Crippen LogP contribution is 2.29. The number of nitrogens with zero attached hydrogens (tertiary/aromatic N) is 2. The van der Waals surface area contributed by atoms with E-state index in [9.17, 15) is 18.0 Å². The van der Waals surface area contributed by atoms with Crippen LogP contribution in [0.15, 0.2) is 48.8 Å². The lowest BCUT2D eigenvalue weighted by Crippen LogP contribution is -2.42. The number of rotatable bonds is 4. The van der Waals surface area contributed by atoms with Crippen LogP contribution in [0.5, 0.6) is 5.75 Å². The molecule has 1 aromatic heterocycles. The van der Waals surface area contributed by atoms with Gasteiger partial charge < -0.3 is 9.64 Å². The lowest BCUT2D eigenvalue weighted by molar-refractivity contribution is -0.138. The van der Waals surface area contributed by atoms with Crippen LogP contribution in [0.4, 0.5) is 13.2 Å². The number of likely N-dealkylation sites (tertiary alicyclic amines) is 1. The number of pyridine rings is 1. The Hall–Kier alpha value is -2.57. The molecule has 1 amide bonds. The van der Waals surface area contributed by atoms with E-state index < -0.39 is 11.7 Å². The summed E-state index contributed by atoms with van der Waals surface area (Å²) < 4.78 is 44.2. The number of benzene rings is 1. The lowest BCUT2D eigenvalue weighted by atomic mass is 10.0. The van der Waals surface area contributed by atoms with Crippen molar-refractivity contribution in [3.05, 3.63) is 59.9 Å². The first kappa shape index (κ1) is 18.2. The fourth-order valence-corrected chi connectivity index (χ4v) is 2.98. The summed E-state index contributed by atoms with van der Waals surface area (Å²) in [4.78, 5) is 18.0. The number of hydrogen-bond donors (Lipinski definition) is 0. The van der Waals surface area contributed by atoms with Gasteiger partial charge in [-0.3, -0.25) is 9.78 Å². The summed E-state index contributed by atoms with van der Waals surface area (Å²) in [6.45, 7) is 1.07. The molecule has 4 nitrogen and oxygen atoms in total. The van der Waals surface area contributed by atoms with E-state index in [1.807, 2.05) is 0 Å². The van der Waals surface area contributed by atoms with Crippen LogP contribution < -0.4 is 4.74 Å². The molecule has 26 heavy (non-hydrogen) atoms. The molecule has 1 fully saturated rings. The molecule has 7 heteroatoms. The van der Waals surface area contributed by atoms with Gasteiger partial charge in [-0.2, -0.15) is 13.2 Å². The predicted octanol–water partition coefficient (Wildman–Crippen LogP) is 3.71. The van der Waals surface area contributed by atoms with Crippen molar-refractivity contribution < 1.29 is 22.7 Å². The minimum absolute atomic E-state index is 0.0232. The Kier molecular flexibility index (Phi) is 5.44. The van der Waals surface area contributed by atoms with Gasteiger partial charge in [0, 0.05) is 38.3 Å². The van der Waals surface area contributed by atoms with Crippen LogP contribution >= 0.6 is 0 Å². The van der Waals surface area contributed by atoms with E-state index in [0.717, 1.165) is 17.9 Å². The minimum atomic E-state index is -4.40. The van der Waals surface area contributed by atoms with Gasteiger partial charge in [0.1, 0.15) is 11.9 Å². The third kappa shape index (κ3) is 4.74. The van der Waals surface area contributed by atoms with E-state index in [4.69, 9.17) is 4.74 Å². The number of carbonyl (C=O) groups is 1. The Labute approximate surface area is 149 Å². The third-order valence-corrected chi connectivity index (χ3v) is 4.36. The number of hydrogen-bond acceptors (Lipinski definition) is 3. The zero-order valence-corrected chi connectivity index (χ0v) is 14.1. The summed E-state index contributed by atoms with van der Waals surface area (Å²) in [5.41, 5.74) is -0.354. The second-order valence-electron chi connectivity index (χ2n) is 6.26. The molecular weight excluding hydrogens is 345 g/mol. The highest BCUT2D eigenvalue weighted by molar-refractivity contribution is 5.79. The Bertz CT molecular complexity index is 742. The SMILES string of the molecule is O=C(Cc1cccc(C(F)(F)F)c1)N1CCC(Oc2ccncc2)CC1. The molecule has 0 saturated carbocycles. The number of carbonyl (C=O) groups excluding carboxylic acids is 1. The fourth-order valence-electron chi connectivity index (χ4n) is 2.98. The molecule has 2 aromatic rings. The van der Waals surface area contributed by atoms with E-state index in [-0.39, 0.29) is 18.4 Å². The molecule has 0 radical (unpaired) electrons. The smallest absolute Gasteiger partial charge is 0.416 e. The van der Waals surface area contributed by atoms with Crippen molar-refractivity contribution in [2.24, 2.45) is 0 Å². The molecule has 0 N–H and O–H groups in total. The Morgan fingerprint density at radius 2 is 1.85 bits per heavy atom. The van der Waals surface area contributed by atoms with E-state index in [1.54, 1.807) is 35.5 Å². The van der Waals surface area contributed by atoms with Crippen LogP contribution in [0.25, 0.3) is 0 Å². The second kappa shape index (κ2) is 7.76. The van der Waals surface area contributed by atoms with Crippen LogP contribution in [0.3, 0.4) is 0 Å². The molecule has 1 aliphatic heterocycles. The molecule has 3 rings (SSSR count). The van der Waals surface area contributed by atoms with Gasteiger partial charge in [-0.25, -0.2) is 0 Å². The van der Waals surface area contributed by atoms with Gasteiger partial charge in [-0.15, -0.1) is 0 Å². The minimum Gasteiger partial charge on any atom is -0.490 e. The highest BCUT2D eigenvalue weighted by Gasteiger charge is 2.31. The maximum atomic E-state index is 12.8. The van der Waals surface area contributed by atoms with Gasteiger partial charge in [-0.1, -0.05) is 18.2 Å². The normalized spacial score (nSPS) is 15.7. The van der Waals surface area contributed by atoms with Crippen LogP contribution in [0.2, 0.25) is 0 Å². The highest BCUT2D eigenvalue weighted by atomic mass is 19.4. The van der Waals surface area contributed by atoms with Gasteiger partial charge in [0.05, 0.1) is 12.0 Å². The van der Waals surface area contributed by atoms with Crippen molar-refractivity contribution >= 4 is 5.91 Å². The first-order chi connectivity index (χ1) is 12.4. The van der Waals surface area contributed by atoms with Crippen LogP contribution in [0.1, 0.15) is 24.0 Å². The first-order valence-corrected chi connectivity index (χ1v) is 8.42. The van der Waals surface area contributed by atoms with Crippen LogP contribution in [-0.4, -0.2) is 35.0 Å². The molecule has 1 saturated heterocycles. The first-order valence-electron chi connectivity index (χ1n) is 8.42. The number of ether oxygens (including phenoxy) is 1. The molecule has 0 unspecified atom stereocenters. The second-order valence-corrected chi connectivity index (χ2v) is 6.26. The largest absolute Gasteiger partial charge is 0.490 e. The molecule has 1 aliphatic rings. The quantitative estimate of drug-likeness (QED) is 0.831. The summed E-state index contributed by atoms with van der Waals surface area (Å²) in [6.07, 6.45) is 0.288. The van der Waals surface area contributed by atoms with Crippen molar-refractivity contribution in [2.75, 3.05) is 13.1 Å². The van der Waals surface area contributed by atoms with Crippen molar-refractivity contribution in [3.63, 3.8) is 0 Å². The third-order valence-electron chi connectivity index (χ3n) is 4.36. The number of aromatic nitrogens is 1. The zero-order chi connectivity index (χ0) is 18.6. The van der Waals surface area contributed by atoms with Gasteiger partial charge in [0.25, 0.3) is 0 Å². The summed E-state index contributed by atoms with van der Waals surface area (Å²) >= 11 is 0. The predicted molar refractivity (Wildman–Crippen MR) is 89.6 cm³/mol. The van der Waals surface area contributed by atoms with Crippen LogP contribution in [0, 0.1) is 0 Å². The van der Waals surface area contributed by atoms with Crippen LogP contribution in [-0.2, 0) is 17.4 Å². The molecule has 0 bridgehead atoms. The monoisotopic (exact) mass is 364 g/mol. The molecule has 0 aliphatic carbocycles. The number of alkyl halides is 3. The zero-order valence-electron chi connectivity index (χ0n) is 14.1. The average Bonchev–Trinajstić information content (AvgIpc) is 2.63. The molecule has 1 aromatic carbocycles. The molecular formula is C19H19F3N2O2. The number of halogens is 3. The standard InChI is InChI=1S/C19H19F3N2O2/c20-19(21,22)15-3-1-2-14(12-15)13-18(25)24-10-6-17(7-11-24)26-16-4-8-23-9-5-16/h1-5,8-9,12,17H,6-7,10-11,13H2.